The Morgan fingerprint density at radius 1 is 1.27 bits per heavy atom. The molecule has 0 fully saturated rings. The number of methoxy groups -OCH3 is 1. The lowest BCUT2D eigenvalue weighted by molar-refractivity contribution is -0.115. The quantitative estimate of drug-likeness (QED) is 0.942. The highest BCUT2D eigenvalue weighted by molar-refractivity contribution is 5.93. The summed E-state index contributed by atoms with van der Waals surface area (Å²) >= 11 is 0. The summed E-state index contributed by atoms with van der Waals surface area (Å²) in [7, 11) is 1.40. The molecule has 1 N–H and O–H groups in total. The molecule has 1 heterocycles. The lowest BCUT2D eigenvalue weighted by atomic mass is 10.1. The molecular weight excluding hydrogens is 283 g/mol. The SMILES string of the molecule is COc1ccc(CC(=O)Nc2c(C)cc(C)nc2C)cc1F. The van der Waals surface area contributed by atoms with Gasteiger partial charge in [0.25, 0.3) is 0 Å². The van der Waals surface area contributed by atoms with Gasteiger partial charge in [0.1, 0.15) is 0 Å². The highest BCUT2D eigenvalue weighted by Crippen LogP contribution is 2.21. The van der Waals surface area contributed by atoms with E-state index in [1.165, 1.54) is 19.2 Å². The van der Waals surface area contributed by atoms with E-state index in [-0.39, 0.29) is 18.1 Å². The Balaban J connectivity index is 2.12. The van der Waals surface area contributed by atoms with Crippen molar-refractivity contribution in [3.63, 3.8) is 0 Å². The molecule has 116 valence electrons. The summed E-state index contributed by atoms with van der Waals surface area (Å²) in [5.41, 5.74) is 3.94. The first-order valence-corrected chi connectivity index (χ1v) is 6.98. The second kappa shape index (κ2) is 6.56. The van der Waals surface area contributed by atoms with Crippen molar-refractivity contribution in [2.45, 2.75) is 27.2 Å². The largest absolute Gasteiger partial charge is 0.494 e. The number of anilines is 1. The molecule has 0 spiro atoms. The summed E-state index contributed by atoms with van der Waals surface area (Å²) in [6.45, 7) is 5.68. The maximum Gasteiger partial charge on any atom is 0.228 e. The average Bonchev–Trinajstić information content (AvgIpc) is 2.43. The van der Waals surface area contributed by atoms with Gasteiger partial charge in [-0.1, -0.05) is 6.07 Å². The third kappa shape index (κ3) is 3.61. The molecule has 0 saturated heterocycles. The van der Waals surface area contributed by atoms with Crippen molar-refractivity contribution in [1.82, 2.24) is 4.98 Å². The Labute approximate surface area is 129 Å². The van der Waals surface area contributed by atoms with E-state index in [2.05, 4.69) is 10.3 Å². The van der Waals surface area contributed by atoms with Crippen LogP contribution in [0.15, 0.2) is 24.3 Å². The Morgan fingerprint density at radius 2 is 2.00 bits per heavy atom. The minimum Gasteiger partial charge on any atom is -0.494 e. The van der Waals surface area contributed by atoms with E-state index in [1.54, 1.807) is 6.07 Å². The van der Waals surface area contributed by atoms with Crippen LogP contribution in [0.1, 0.15) is 22.5 Å². The molecule has 0 radical (unpaired) electrons. The van der Waals surface area contributed by atoms with Crippen LogP contribution < -0.4 is 10.1 Å². The molecule has 0 aliphatic heterocycles. The van der Waals surface area contributed by atoms with Crippen LogP contribution in [0, 0.1) is 26.6 Å². The lowest BCUT2D eigenvalue weighted by Gasteiger charge is -2.12. The monoisotopic (exact) mass is 302 g/mol. The predicted molar refractivity (Wildman–Crippen MR) is 83.7 cm³/mol. The van der Waals surface area contributed by atoms with Crippen LogP contribution in [0.25, 0.3) is 0 Å². The smallest absolute Gasteiger partial charge is 0.228 e. The van der Waals surface area contributed by atoms with Crippen LogP contribution in [-0.2, 0) is 11.2 Å². The number of nitrogens with one attached hydrogen (secondary N) is 1. The molecule has 0 saturated carbocycles. The van der Waals surface area contributed by atoms with Gasteiger partial charge in [0, 0.05) is 5.69 Å². The highest BCUT2D eigenvalue weighted by atomic mass is 19.1. The lowest BCUT2D eigenvalue weighted by Crippen LogP contribution is -2.16. The van der Waals surface area contributed by atoms with E-state index in [4.69, 9.17) is 4.74 Å². The molecule has 0 aliphatic carbocycles. The zero-order chi connectivity index (χ0) is 16.3. The van der Waals surface area contributed by atoms with Crippen LogP contribution >= 0.6 is 0 Å². The summed E-state index contributed by atoms with van der Waals surface area (Å²) in [6.07, 6.45) is 0.0909. The van der Waals surface area contributed by atoms with Crippen LogP contribution in [-0.4, -0.2) is 18.0 Å². The molecule has 0 aliphatic rings. The van der Waals surface area contributed by atoms with Crippen LogP contribution in [0.2, 0.25) is 0 Å². The van der Waals surface area contributed by atoms with Crippen molar-refractivity contribution >= 4 is 11.6 Å². The average molecular weight is 302 g/mol. The number of ether oxygens (including phenoxy) is 1. The summed E-state index contributed by atoms with van der Waals surface area (Å²) < 4.78 is 18.5. The first kappa shape index (κ1) is 15.9. The van der Waals surface area contributed by atoms with Gasteiger partial charge in [0.05, 0.1) is 24.9 Å². The summed E-state index contributed by atoms with van der Waals surface area (Å²) in [6, 6.07) is 6.41. The predicted octanol–water partition coefficient (Wildman–Crippen LogP) is 3.34. The van der Waals surface area contributed by atoms with E-state index >= 15 is 0 Å². The van der Waals surface area contributed by atoms with Gasteiger partial charge in [-0.25, -0.2) is 4.39 Å². The number of amides is 1. The Hall–Kier alpha value is -2.43. The summed E-state index contributed by atoms with van der Waals surface area (Å²) in [4.78, 5) is 16.5. The maximum atomic E-state index is 13.6. The van der Waals surface area contributed by atoms with Gasteiger partial charge in [-0.2, -0.15) is 0 Å². The number of hydrogen-bond donors (Lipinski definition) is 1. The Kier molecular flexibility index (Phi) is 4.75. The second-order valence-corrected chi connectivity index (χ2v) is 5.23. The summed E-state index contributed by atoms with van der Waals surface area (Å²) in [5, 5.41) is 2.85. The van der Waals surface area contributed by atoms with E-state index in [1.807, 2.05) is 26.8 Å². The van der Waals surface area contributed by atoms with Gasteiger partial charge in [0.15, 0.2) is 11.6 Å². The third-order valence-corrected chi connectivity index (χ3v) is 3.37. The molecule has 4 nitrogen and oxygen atoms in total. The molecule has 1 aromatic carbocycles. The number of pyridine rings is 1. The zero-order valence-electron chi connectivity index (χ0n) is 13.2. The van der Waals surface area contributed by atoms with Crippen molar-refractivity contribution in [3.8, 4) is 5.75 Å². The van der Waals surface area contributed by atoms with E-state index < -0.39 is 5.82 Å². The number of hydrogen-bond acceptors (Lipinski definition) is 3. The van der Waals surface area contributed by atoms with Crippen molar-refractivity contribution in [2.75, 3.05) is 12.4 Å². The number of carbonyl (C=O) groups excluding carboxylic acids is 1. The van der Waals surface area contributed by atoms with Gasteiger partial charge >= 0.3 is 0 Å². The van der Waals surface area contributed by atoms with Gasteiger partial charge in [-0.05, 0) is 50.1 Å². The second-order valence-electron chi connectivity index (χ2n) is 5.23. The topological polar surface area (TPSA) is 51.2 Å². The highest BCUT2D eigenvalue weighted by Gasteiger charge is 2.11. The van der Waals surface area contributed by atoms with E-state index in [0.717, 1.165) is 17.0 Å². The van der Waals surface area contributed by atoms with Crippen LogP contribution in [0.3, 0.4) is 0 Å². The maximum absolute atomic E-state index is 13.6. The molecule has 2 aromatic rings. The minimum absolute atomic E-state index is 0.0909. The van der Waals surface area contributed by atoms with Gasteiger partial charge in [-0.15, -0.1) is 0 Å². The molecule has 0 unspecified atom stereocenters. The minimum atomic E-state index is -0.475. The molecular formula is C17H19FN2O2. The first-order valence-electron chi connectivity index (χ1n) is 6.98. The molecule has 0 atom stereocenters. The summed E-state index contributed by atoms with van der Waals surface area (Å²) in [5.74, 6) is -0.517. The Morgan fingerprint density at radius 3 is 2.59 bits per heavy atom. The van der Waals surface area contributed by atoms with Crippen LogP contribution in [0.5, 0.6) is 5.75 Å². The number of aryl methyl sites for hydroxylation is 3. The molecule has 5 heteroatoms. The number of aromatic nitrogens is 1. The standard InChI is InChI=1S/C17H19FN2O2/c1-10-7-11(2)19-12(3)17(10)20-16(21)9-13-5-6-15(22-4)14(18)8-13/h5-8H,9H2,1-4H3,(H,20,21). The first-order chi connectivity index (χ1) is 10.4. The molecule has 1 aromatic heterocycles. The number of rotatable bonds is 4. The van der Waals surface area contributed by atoms with Gasteiger partial charge in [0.2, 0.25) is 5.91 Å². The zero-order valence-corrected chi connectivity index (χ0v) is 13.2. The molecule has 22 heavy (non-hydrogen) atoms. The number of halogens is 1. The van der Waals surface area contributed by atoms with E-state index in [0.29, 0.717) is 11.3 Å². The third-order valence-electron chi connectivity index (χ3n) is 3.37. The van der Waals surface area contributed by atoms with Crippen molar-refractivity contribution in [2.24, 2.45) is 0 Å². The fourth-order valence-electron chi connectivity index (χ4n) is 2.40. The fourth-order valence-corrected chi connectivity index (χ4v) is 2.40. The van der Waals surface area contributed by atoms with E-state index in [9.17, 15) is 9.18 Å². The molecule has 1 amide bonds. The molecule has 2 rings (SSSR count). The number of carbonyl (C=O) groups is 1. The normalized spacial score (nSPS) is 10.4. The van der Waals surface area contributed by atoms with Gasteiger partial charge < -0.3 is 10.1 Å². The van der Waals surface area contributed by atoms with Crippen molar-refractivity contribution in [1.29, 1.82) is 0 Å². The number of benzene rings is 1. The van der Waals surface area contributed by atoms with Crippen molar-refractivity contribution in [3.05, 3.63) is 52.6 Å². The Bertz CT molecular complexity index is 691. The molecule has 0 bridgehead atoms. The fraction of sp³-hybridized carbons (Fsp3) is 0.294. The van der Waals surface area contributed by atoms with Crippen molar-refractivity contribution < 1.29 is 13.9 Å². The number of nitrogens with zero attached hydrogens (tertiary/aromatic N) is 1. The van der Waals surface area contributed by atoms with Gasteiger partial charge in [-0.3, -0.25) is 9.78 Å². The van der Waals surface area contributed by atoms with Crippen LogP contribution in [0.4, 0.5) is 10.1 Å².